The Morgan fingerprint density at radius 1 is 0.711 bits per heavy atom. The number of hydrazone groups is 1. The summed E-state index contributed by atoms with van der Waals surface area (Å²) >= 11 is 0. The maximum absolute atomic E-state index is 11.4. The van der Waals surface area contributed by atoms with Crippen LogP contribution in [0.15, 0.2) is 103 Å². The molecule has 0 fully saturated rings. The summed E-state index contributed by atoms with van der Waals surface area (Å²) in [6.45, 7) is 13.3. The molecule has 0 aliphatic heterocycles. The van der Waals surface area contributed by atoms with Crippen LogP contribution in [0.5, 0.6) is 0 Å². The first-order chi connectivity index (χ1) is 18.5. The van der Waals surface area contributed by atoms with Crippen molar-refractivity contribution < 1.29 is 19.1 Å². The molecule has 196 valence electrons. The number of anilines is 3. The maximum Gasteiger partial charge on any atom is 0.330 e. The van der Waals surface area contributed by atoms with Gasteiger partial charge < -0.3 is 14.4 Å². The summed E-state index contributed by atoms with van der Waals surface area (Å²) in [4.78, 5) is 25.1. The van der Waals surface area contributed by atoms with Gasteiger partial charge in [-0.05, 0) is 66.9 Å². The maximum atomic E-state index is 11.4. The quantitative estimate of drug-likeness (QED) is 0.118. The van der Waals surface area contributed by atoms with Crippen LogP contribution in [0, 0.1) is 0 Å². The van der Waals surface area contributed by atoms with Gasteiger partial charge in [0.1, 0.15) is 13.2 Å². The zero-order valence-corrected chi connectivity index (χ0v) is 21.9. The fourth-order valence-corrected chi connectivity index (χ4v) is 3.66. The average Bonchev–Trinajstić information content (AvgIpc) is 2.97. The molecular formula is C31H33N3O4. The van der Waals surface area contributed by atoms with E-state index < -0.39 is 11.9 Å². The molecule has 0 spiro atoms. The van der Waals surface area contributed by atoms with E-state index in [1.807, 2.05) is 71.9 Å². The minimum Gasteiger partial charge on any atom is -0.458 e. The van der Waals surface area contributed by atoms with E-state index in [9.17, 15) is 9.59 Å². The van der Waals surface area contributed by atoms with Crippen LogP contribution in [0.3, 0.4) is 0 Å². The molecule has 3 rings (SSSR count). The zero-order valence-electron chi connectivity index (χ0n) is 21.9. The fourth-order valence-electron chi connectivity index (χ4n) is 3.66. The highest BCUT2D eigenvalue weighted by molar-refractivity contribution is 5.83. The highest BCUT2D eigenvalue weighted by Crippen LogP contribution is 2.27. The van der Waals surface area contributed by atoms with E-state index in [2.05, 4.69) is 44.0 Å². The van der Waals surface area contributed by atoms with Crippen molar-refractivity contribution in [3.8, 4) is 0 Å². The molecule has 38 heavy (non-hydrogen) atoms. The third kappa shape index (κ3) is 7.93. The molecule has 0 bridgehead atoms. The van der Waals surface area contributed by atoms with Crippen LogP contribution in [-0.4, -0.2) is 31.2 Å². The van der Waals surface area contributed by atoms with Gasteiger partial charge in [0.15, 0.2) is 0 Å². The molecule has 3 aromatic rings. The second-order valence-electron chi connectivity index (χ2n) is 8.28. The lowest BCUT2D eigenvalue weighted by Gasteiger charge is -2.21. The first-order valence-corrected chi connectivity index (χ1v) is 12.4. The number of benzene rings is 3. The lowest BCUT2D eigenvalue weighted by Crippen LogP contribution is -2.21. The molecule has 0 radical (unpaired) electrons. The molecule has 0 saturated heterocycles. The molecule has 0 amide bonds. The molecule has 7 nitrogen and oxygen atoms in total. The number of carbonyl (C=O) groups is 2. The Hall–Kier alpha value is -4.65. The summed E-state index contributed by atoms with van der Waals surface area (Å²) < 4.78 is 10.3. The molecule has 0 saturated carbocycles. The monoisotopic (exact) mass is 511 g/mol. The Kier molecular flexibility index (Phi) is 10.4. The van der Waals surface area contributed by atoms with Crippen LogP contribution >= 0.6 is 0 Å². The van der Waals surface area contributed by atoms with Gasteiger partial charge in [0.2, 0.25) is 0 Å². The number of hydrogen-bond acceptors (Lipinski definition) is 7. The van der Waals surface area contributed by atoms with Crippen LogP contribution in [0.1, 0.15) is 30.5 Å². The summed E-state index contributed by atoms with van der Waals surface area (Å²) in [6, 6.07) is 23.5. The van der Waals surface area contributed by atoms with E-state index >= 15 is 0 Å². The highest BCUT2D eigenvalue weighted by Gasteiger charge is 2.10. The molecule has 0 unspecified atom stereocenters. The first kappa shape index (κ1) is 27.9. The van der Waals surface area contributed by atoms with Gasteiger partial charge in [0.25, 0.3) is 0 Å². The van der Waals surface area contributed by atoms with E-state index in [1.54, 1.807) is 0 Å². The predicted molar refractivity (Wildman–Crippen MR) is 153 cm³/mol. The predicted octanol–water partition coefficient (Wildman–Crippen LogP) is 6.16. The van der Waals surface area contributed by atoms with Crippen LogP contribution in [0.2, 0.25) is 0 Å². The van der Waals surface area contributed by atoms with E-state index in [-0.39, 0.29) is 13.2 Å². The zero-order chi connectivity index (χ0) is 27.3. The highest BCUT2D eigenvalue weighted by atomic mass is 16.5. The smallest absolute Gasteiger partial charge is 0.330 e. The molecular weight excluding hydrogens is 478 g/mol. The molecule has 0 aromatic heterocycles. The van der Waals surface area contributed by atoms with Gasteiger partial charge in [0.05, 0.1) is 17.6 Å². The van der Waals surface area contributed by atoms with Crippen molar-refractivity contribution in [1.82, 2.24) is 0 Å². The van der Waals surface area contributed by atoms with E-state index in [1.165, 1.54) is 5.69 Å². The Morgan fingerprint density at radius 3 is 1.53 bits per heavy atom. The van der Waals surface area contributed by atoms with E-state index in [0.717, 1.165) is 53.3 Å². The summed E-state index contributed by atoms with van der Waals surface area (Å²) in [6.07, 6.45) is 4.09. The summed E-state index contributed by atoms with van der Waals surface area (Å²) in [5.74, 6) is -0.933. The van der Waals surface area contributed by atoms with Crippen molar-refractivity contribution in [2.24, 2.45) is 5.10 Å². The molecule has 0 aliphatic carbocycles. The minimum atomic E-state index is -0.467. The molecule has 0 atom stereocenters. The van der Waals surface area contributed by atoms with E-state index in [4.69, 9.17) is 14.6 Å². The van der Waals surface area contributed by atoms with Gasteiger partial charge in [-0.3, -0.25) is 0 Å². The Morgan fingerprint density at radius 2 is 1.13 bits per heavy atom. The molecule has 3 aromatic carbocycles. The van der Waals surface area contributed by atoms with Gasteiger partial charge in [0, 0.05) is 30.9 Å². The first-order valence-electron chi connectivity index (χ1n) is 12.4. The summed E-state index contributed by atoms with van der Waals surface area (Å²) in [5.41, 5.74) is 5.48. The normalized spacial score (nSPS) is 10.6. The van der Waals surface area contributed by atoms with Gasteiger partial charge in [-0.1, -0.05) is 49.6 Å². The average molecular weight is 512 g/mol. The second kappa shape index (κ2) is 14.2. The van der Waals surface area contributed by atoms with Crippen LogP contribution in [0.25, 0.3) is 0 Å². The van der Waals surface area contributed by atoms with Crippen LogP contribution in [-0.2, 0) is 32.3 Å². The Balaban J connectivity index is 1.85. The van der Waals surface area contributed by atoms with Crippen molar-refractivity contribution in [1.29, 1.82) is 0 Å². The molecule has 7 heteroatoms. The third-order valence-corrected chi connectivity index (χ3v) is 5.80. The van der Waals surface area contributed by atoms with Crippen molar-refractivity contribution in [3.63, 3.8) is 0 Å². The SMILES string of the molecule is C=CC(=O)OCc1ccc(N(N=Cc2ccc(N(CC)CC)cc2)c2ccc(COC(=O)C=C)cc2)cc1. The Labute approximate surface area is 224 Å². The fraction of sp³-hybridized carbons (Fsp3) is 0.194. The topological polar surface area (TPSA) is 71.4 Å². The van der Waals surface area contributed by atoms with Gasteiger partial charge in [-0.2, -0.15) is 5.10 Å². The molecule has 0 aliphatic rings. The lowest BCUT2D eigenvalue weighted by molar-refractivity contribution is -0.139. The number of nitrogens with zero attached hydrogens (tertiary/aromatic N) is 3. The van der Waals surface area contributed by atoms with Crippen molar-refractivity contribution in [2.45, 2.75) is 27.1 Å². The van der Waals surface area contributed by atoms with Crippen molar-refractivity contribution >= 4 is 35.2 Å². The molecule has 0 heterocycles. The molecule has 0 N–H and O–H groups in total. The van der Waals surface area contributed by atoms with Gasteiger partial charge in [-0.15, -0.1) is 0 Å². The summed E-state index contributed by atoms with van der Waals surface area (Å²) in [7, 11) is 0. The van der Waals surface area contributed by atoms with Crippen molar-refractivity contribution in [2.75, 3.05) is 23.0 Å². The van der Waals surface area contributed by atoms with Crippen molar-refractivity contribution in [3.05, 3.63) is 115 Å². The number of esters is 2. The minimum absolute atomic E-state index is 0.158. The van der Waals surface area contributed by atoms with Crippen LogP contribution < -0.4 is 9.91 Å². The van der Waals surface area contributed by atoms with Crippen LogP contribution in [0.4, 0.5) is 17.1 Å². The number of rotatable bonds is 13. The number of carbonyl (C=O) groups excluding carboxylic acids is 2. The van der Waals surface area contributed by atoms with Gasteiger partial charge >= 0.3 is 11.9 Å². The number of hydrogen-bond donors (Lipinski definition) is 0. The lowest BCUT2D eigenvalue weighted by atomic mass is 10.1. The van der Waals surface area contributed by atoms with E-state index in [0.29, 0.717) is 0 Å². The number of ether oxygens (including phenoxy) is 2. The Bertz CT molecular complexity index is 1180. The standard InChI is InChI=1S/C31H33N3O4/c1-5-30(35)37-22-25-11-17-28(18-12-25)34(29-19-13-26(14-20-29)23-38-31(36)6-2)32-21-24-9-15-27(16-10-24)33(7-3)8-4/h5-6,9-21H,1-2,7-8,22-23H2,3-4H3. The largest absolute Gasteiger partial charge is 0.458 e. The summed E-state index contributed by atoms with van der Waals surface area (Å²) in [5, 5.41) is 6.60. The second-order valence-corrected chi connectivity index (χ2v) is 8.28. The third-order valence-electron chi connectivity index (χ3n) is 5.80. The van der Waals surface area contributed by atoms with Gasteiger partial charge in [-0.25, -0.2) is 14.6 Å².